The summed E-state index contributed by atoms with van der Waals surface area (Å²) < 4.78 is 10.8. The topological polar surface area (TPSA) is 52.6 Å². The number of benzene rings is 3. The van der Waals surface area contributed by atoms with Crippen molar-refractivity contribution in [1.29, 1.82) is 0 Å². The summed E-state index contributed by atoms with van der Waals surface area (Å²) in [6.45, 7) is 10.9. The fourth-order valence-electron chi connectivity index (χ4n) is 3.88. The number of ether oxygens (including phenoxy) is 2. The molecule has 0 heterocycles. The van der Waals surface area contributed by atoms with Gasteiger partial charge in [-0.1, -0.05) is 32.6 Å². The monoisotopic (exact) mass is 360 g/mol. The van der Waals surface area contributed by atoms with Crippen LogP contribution in [0.5, 0.6) is 11.5 Å². The lowest BCUT2D eigenvalue weighted by Crippen LogP contribution is -2.16. The van der Waals surface area contributed by atoms with Crippen LogP contribution in [-0.2, 0) is 15.0 Å². The average Bonchev–Trinajstić information content (AvgIpc) is 2.80. The third kappa shape index (κ3) is 2.60. The highest BCUT2D eigenvalue weighted by Crippen LogP contribution is 2.51. The smallest absolute Gasteiger partial charge is 0.338 e. The first-order chi connectivity index (χ1) is 12.7. The van der Waals surface area contributed by atoms with Crippen LogP contribution in [0.15, 0.2) is 48.6 Å². The minimum Gasteiger partial charge on any atom is -0.427 e. The second-order valence-electron chi connectivity index (χ2n) is 7.59. The van der Waals surface area contributed by atoms with Gasteiger partial charge in [0, 0.05) is 17.9 Å². The van der Waals surface area contributed by atoms with Gasteiger partial charge in [0.1, 0.15) is 11.5 Å². The Morgan fingerprint density at radius 1 is 0.852 bits per heavy atom. The summed E-state index contributed by atoms with van der Waals surface area (Å²) in [7, 11) is 0. The maximum Gasteiger partial charge on any atom is 0.338 e. The van der Waals surface area contributed by atoms with Gasteiger partial charge in [-0.3, -0.25) is 4.79 Å². The molecule has 0 aliphatic heterocycles. The maximum absolute atomic E-state index is 12.0. The Morgan fingerprint density at radius 2 is 1.33 bits per heavy atom. The van der Waals surface area contributed by atoms with Crippen LogP contribution < -0.4 is 9.47 Å². The van der Waals surface area contributed by atoms with Gasteiger partial charge in [-0.15, -0.1) is 0 Å². The van der Waals surface area contributed by atoms with Crippen molar-refractivity contribution in [3.63, 3.8) is 0 Å². The number of hydrogen-bond donors (Lipinski definition) is 0. The van der Waals surface area contributed by atoms with E-state index in [1.165, 1.54) is 6.92 Å². The highest BCUT2D eigenvalue weighted by Gasteiger charge is 2.35. The molecule has 0 saturated carbocycles. The molecule has 4 heteroatoms. The molecule has 27 heavy (non-hydrogen) atoms. The molecule has 0 atom stereocenters. The zero-order valence-electron chi connectivity index (χ0n) is 15.8. The summed E-state index contributed by atoms with van der Waals surface area (Å²) in [6, 6.07) is 11.6. The van der Waals surface area contributed by atoms with Crippen LogP contribution in [0, 0.1) is 0 Å². The summed E-state index contributed by atoms with van der Waals surface area (Å²) in [6.07, 6.45) is 0. The number of esters is 2. The fraction of sp³-hybridized carbons (Fsp3) is 0.217. The van der Waals surface area contributed by atoms with Gasteiger partial charge in [0.15, 0.2) is 0 Å². The molecule has 3 aromatic carbocycles. The molecule has 1 aliphatic carbocycles. The number of hydrogen-bond acceptors (Lipinski definition) is 4. The molecule has 0 saturated heterocycles. The van der Waals surface area contributed by atoms with E-state index in [0.717, 1.165) is 32.7 Å². The Bertz CT molecular complexity index is 1170. The normalized spacial score (nSPS) is 13.9. The van der Waals surface area contributed by atoms with Crippen molar-refractivity contribution in [3.8, 4) is 11.5 Å². The zero-order valence-corrected chi connectivity index (χ0v) is 15.8. The minimum absolute atomic E-state index is 0.317. The quantitative estimate of drug-likeness (QED) is 0.284. The van der Waals surface area contributed by atoms with Crippen molar-refractivity contribution < 1.29 is 19.1 Å². The molecule has 0 bridgehead atoms. The van der Waals surface area contributed by atoms with Gasteiger partial charge in [-0.2, -0.15) is 0 Å². The van der Waals surface area contributed by atoms with Crippen molar-refractivity contribution >= 4 is 33.5 Å². The van der Waals surface area contributed by atoms with Crippen molar-refractivity contribution in [2.75, 3.05) is 0 Å². The predicted octanol–water partition coefficient (Wildman–Crippen LogP) is 5.04. The first-order valence-electron chi connectivity index (χ1n) is 8.80. The standard InChI is InChI=1S/C23H20O4/c1-12(2)22(25)27-17-9-15-7-6-14-8-16(26-13(3)24)10-18-20(14)21(15)19(11-17)23(18,4)5/h6-11H,1H2,2-5H3. The van der Waals surface area contributed by atoms with E-state index in [-0.39, 0.29) is 11.4 Å². The first kappa shape index (κ1) is 17.3. The van der Waals surface area contributed by atoms with E-state index in [9.17, 15) is 9.59 Å². The Hall–Kier alpha value is -3.14. The van der Waals surface area contributed by atoms with E-state index >= 15 is 0 Å². The minimum atomic E-state index is -0.437. The Balaban J connectivity index is 1.96. The molecule has 0 fully saturated rings. The summed E-state index contributed by atoms with van der Waals surface area (Å²) in [5.41, 5.74) is 2.22. The predicted molar refractivity (Wildman–Crippen MR) is 105 cm³/mol. The summed E-state index contributed by atoms with van der Waals surface area (Å²) in [5, 5.41) is 4.34. The molecular weight excluding hydrogens is 340 g/mol. The SMILES string of the molecule is C=C(C)C(=O)Oc1cc2c3c(ccc4cc(OC(C)=O)cc(c43)C2(C)C)c1. The molecule has 0 spiro atoms. The van der Waals surface area contributed by atoms with Gasteiger partial charge in [0.05, 0.1) is 0 Å². The summed E-state index contributed by atoms with van der Waals surface area (Å²) in [5.74, 6) is 0.267. The van der Waals surface area contributed by atoms with Crippen LogP contribution in [0.3, 0.4) is 0 Å². The second kappa shape index (κ2) is 5.68. The maximum atomic E-state index is 12.0. The Labute approximate surface area is 157 Å². The highest BCUT2D eigenvalue weighted by atomic mass is 16.5. The lowest BCUT2D eigenvalue weighted by molar-refractivity contribution is -0.132. The molecular formula is C23H20O4. The van der Waals surface area contributed by atoms with Crippen LogP contribution >= 0.6 is 0 Å². The number of rotatable bonds is 3. The van der Waals surface area contributed by atoms with Crippen LogP contribution in [0.1, 0.15) is 38.8 Å². The van der Waals surface area contributed by atoms with Crippen molar-refractivity contribution in [3.05, 3.63) is 59.7 Å². The van der Waals surface area contributed by atoms with Gasteiger partial charge in [0.25, 0.3) is 0 Å². The number of carbonyl (C=O) groups excluding carboxylic acids is 2. The van der Waals surface area contributed by atoms with E-state index in [0.29, 0.717) is 17.1 Å². The number of carbonyl (C=O) groups is 2. The van der Waals surface area contributed by atoms with E-state index in [1.54, 1.807) is 6.92 Å². The molecule has 3 aromatic rings. The molecule has 0 N–H and O–H groups in total. The van der Waals surface area contributed by atoms with Crippen LogP contribution in [0.2, 0.25) is 0 Å². The van der Waals surface area contributed by atoms with Gasteiger partial charge in [-0.25, -0.2) is 4.79 Å². The van der Waals surface area contributed by atoms with Crippen molar-refractivity contribution in [1.82, 2.24) is 0 Å². The lowest BCUT2D eigenvalue weighted by atomic mass is 9.81. The Kier molecular flexibility index (Phi) is 3.63. The average molecular weight is 360 g/mol. The third-order valence-electron chi connectivity index (χ3n) is 5.14. The molecule has 0 unspecified atom stereocenters. The van der Waals surface area contributed by atoms with E-state index < -0.39 is 5.97 Å². The van der Waals surface area contributed by atoms with Crippen LogP contribution in [-0.4, -0.2) is 11.9 Å². The lowest BCUT2D eigenvalue weighted by Gasteiger charge is -2.23. The van der Waals surface area contributed by atoms with Gasteiger partial charge in [-0.05, 0) is 63.9 Å². The van der Waals surface area contributed by atoms with Gasteiger partial charge in [0.2, 0.25) is 0 Å². The molecule has 1 aliphatic rings. The molecule has 0 amide bonds. The van der Waals surface area contributed by atoms with Gasteiger partial charge < -0.3 is 9.47 Å². The molecule has 0 aromatic heterocycles. The molecule has 4 nitrogen and oxygen atoms in total. The Morgan fingerprint density at radius 3 is 1.78 bits per heavy atom. The highest BCUT2D eigenvalue weighted by molar-refractivity contribution is 6.15. The summed E-state index contributed by atoms with van der Waals surface area (Å²) in [4.78, 5) is 23.4. The second-order valence-corrected chi connectivity index (χ2v) is 7.59. The van der Waals surface area contributed by atoms with E-state index in [2.05, 4.69) is 20.4 Å². The third-order valence-corrected chi connectivity index (χ3v) is 5.14. The van der Waals surface area contributed by atoms with Crippen LogP contribution in [0.4, 0.5) is 0 Å². The van der Waals surface area contributed by atoms with E-state index in [1.807, 2.05) is 36.4 Å². The van der Waals surface area contributed by atoms with E-state index in [4.69, 9.17) is 9.47 Å². The molecule has 4 rings (SSSR count). The molecule has 136 valence electrons. The van der Waals surface area contributed by atoms with Crippen molar-refractivity contribution in [2.24, 2.45) is 0 Å². The van der Waals surface area contributed by atoms with Crippen molar-refractivity contribution in [2.45, 2.75) is 33.1 Å². The van der Waals surface area contributed by atoms with Gasteiger partial charge >= 0.3 is 11.9 Å². The zero-order chi connectivity index (χ0) is 19.5. The largest absolute Gasteiger partial charge is 0.427 e. The fourth-order valence-corrected chi connectivity index (χ4v) is 3.88. The molecule has 0 radical (unpaired) electrons. The first-order valence-corrected chi connectivity index (χ1v) is 8.80. The summed E-state index contributed by atoms with van der Waals surface area (Å²) >= 11 is 0. The van der Waals surface area contributed by atoms with Crippen LogP contribution in [0.25, 0.3) is 21.5 Å².